The summed E-state index contributed by atoms with van der Waals surface area (Å²) in [6.45, 7) is 0. The largest absolute Gasteiger partial charge is 0.286 e. The average Bonchev–Trinajstić information content (AvgIpc) is 2.22. The minimum atomic E-state index is -3.91. The van der Waals surface area contributed by atoms with Crippen molar-refractivity contribution in [2.75, 3.05) is 17.3 Å². The van der Waals surface area contributed by atoms with Gasteiger partial charge < -0.3 is 0 Å². The number of sulfone groups is 1. The Hall–Kier alpha value is -0.140. The van der Waals surface area contributed by atoms with E-state index in [0.717, 1.165) is 6.42 Å². The first-order chi connectivity index (χ1) is 6.79. The maximum atomic E-state index is 11.2. The molecule has 1 fully saturated rings. The SMILES string of the molecule is O=S(=O)(O)CCC1CCCS(=O)(=O)CC1. The fourth-order valence-electron chi connectivity index (χ4n) is 1.79. The highest BCUT2D eigenvalue weighted by Gasteiger charge is 2.21. The van der Waals surface area contributed by atoms with Crippen molar-refractivity contribution in [3.05, 3.63) is 0 Å². The highest BCUT2D eigenvalue weighted by molar-refractivity contribution is 7.91. The lowest BCUT2D eigenvalue weighted by atomic mass is 9.98. The van der Waals surface area contributed by atoms with Crippen LogP contribution < -0.4 is 0 Å². The molecule has 1 aliphatic rings. The Labute approximate surface area is 90.5 Å². The van der Waals surface area contributed by atoms with Crippen LogP contribution in [0.3, 0.4) is 0 Å². The minimum absolute atomic E-state index is 0.101. The molecule has 7 heteroatoms. The molecule has 5 nitrogen and oxygen atoms in total. The Bertz CT molecular complexity index is 395. The summed E-state index contributed by atoms with van der Waals surface area (Å²) >= 11 is 0. The van der Waals surface area contributed by atoms with E-state index in [1.54, 1.807) is 0 Å². The second kappa shape index (κ2) is 4.80. The quantitative estimate of drug-likeness (QED) is 0.742. The van der Waals surface area contributed by atoms with Crippen molar-refractivity contribution < 1.29 is 21.4 Å². The Balaban J connectivity index is 2.45. The molecule has 0 aromatic rings. The molecule has 0 radical (unpaired) electrons. The van der Waals surface area contributed by atoms with Crippen LogP contribution in [0.25, 0.3) is 0 Å². The molecule has 0 aliphatic carbocycles. The zero-order chi connectivity index (χ0) is 11.5. The Morgan fingerprint density at radius 2 is 1.87 bits per heavy atom. The molecule has 1 N–H and O–H groups in total. The molecule has 0 saturated carbocycles. The van der Waals surface area contributed by atoms with E-state index in [-0.39, 0.29) is 23.2 Å². The predicted molar refractivity (Wildman–Crippen MR) is 57.0 cm³/mol. The fourth-order valence-corrected chi connectivity index (χ4v) is 3.92. The summed E-state index contributed by atoms with van der Waals surface area (Å²) in [6.07, 6.45) is 2.19. The Kier molecular flexibility index (Phi) is 4.13. The summed E-state index contributed by atoms with van der Waals surface area (Å²) in [4.78, 5) is 0. The lowest BCUT2D eigenvalue weighted by molar-refractivity contribution is 0.439. The average molecular weight is 256 g/mol. The van der Waals surface area contributed by atoms with Crippen molar-refractivity contribution in [3.8, 4) is 0 Å². The molecular formula is C8H16O5S2. The molecule has 0 aromatic heterocycles. The molecule has 90 valence electrons. The maximum absolute atomic E-state index is 11.2. The number of rotatable bonds is 3. The van der Waals surface area contributed by atoms with Crippen LogP contribution in [0.2, 0.25) is 0 Å². The van der Waals surface area contributed by atoms with Crippen LogP contribution >= 0.6 is 0 Å². The van der Waals surface area contributed by atoms with Crippen molar-refractivity contribution in [2.24, 2.45) is 5.92 Å². The standard InChI is InChI=1S/C8H16O5S2/c9-14(10)5-1-2-8(3-6-14)4-7-15(11,12)13/h8H,1-7H2,(H,11,12,13). The lowest BCUT2D eigenvalue weighted by Crippen LogP contribution is -2.12. The van der Waals surface area contributed by atoms with Crippen LogP contribution in [-0.2, 0) is 20.0 Å². The molecule has 0 amide bonds. The summed E-state index contributed by atoms with van der Waals surface area (Å²) < 4.78 is 52.1. The van der Waals surface area contributed by atoms with Crippen LogP contribution in [0.5, 0.6) is 0 Å². The third-order valence-corrected chi connectivity index (χ3v) is 5.21. The molecule has 1 rings (SSSR count). The van der Waals surface area contributed by atoms with Gasteiger partial charge in [-0.05, 0) is 31.6 Å². The summed E-state index contributed by atoms with van der Waals surface area (Å²) in [6, 6.07) is 0. The third-order valence-electron chi connectivity index (χ3n) is 2.69. The van der Waals surface area contributed by atoms with Crippen LogP contribution in [0.15, 0.2) is 0 Å². The van der Waals surface area contributed by atoms with Crippen molar-refractivity contribution in [2.45, 2.75) is 25.7 Å². The van der Waals surface area contributed by atoms with Crippen molar-refractivity contribution >= 4 is 20.0 Å². The Morgan fingerprint density at radius 1 is 1.20 bits per heavy atom. The molecule has 1 atom stereocenters. The molecular weight excluding hydrogens is 240 g/mol. The van der Waals surface area contributed by atoms with Gasteiger partial charge in [0.25, 0.3) is 10.1 Å². The van der Waals surface area contributed by atoms with Gasteiger partial charge in [-0.1, -0.05) is 0 Å². The summed E-state index contributed by atoms with van der Waals surface area (Å²) in [5.74, 6) is 0.181. The van der Waals surface area contributed by atoms with Crippen LogP contribution in [0.4, 0.5) is 0 Å². The third kappa shape index (κ3) is 5.48. The fraction of sp³-hybridized carbons (Fsp3) is 1.00. The first-order valence-corrected chi connectivity index (χ1v) is 8.37. The Morgan fingerprint density at radius 3 is 2.47 bits per heavy atom. The number of hydrogen-bond donors (Lipinski definition) is 1. The van der Waals surface area contributed by atoms with Gasteiger partial charge in [-0.2, -0.15) is 8.42 Å². The number of hydrogen-bond acceptors (Lipinski definition) is 4. The van der Waals surface area contributed by atoms with E-state index in [4.69, 9.17) is 4.55 Å². The molecule has 1 unspecified atom stereocenters. The maximum Gasteiger partial charge on any atom is 0.264 e. The van der Waals surface area contributed by atoms with E-state index < -0.39 is 20.0 Å². The molecule has 1 saturated heterocycles. The van der Waals surface area contributed by atoms with Crippen LogP contribution in [0.1, 0.15) is 25.7 Å². The van der Waals surface area contributed by atoms with Gasteiger partial charge in [0.15, 0.2) is 0 Å². The van der Waals surface area contributed by atoms with Gasteiger partial charge in [0.1, 0.15) is 9.84 Å². The molecule has 0 bridgehead atoms. The highest BCUT2D eigenvalue weighted by Crippen LogP contribution is 2.22. The van der Waals surface area contributed by atoms with Gasteiger partial charge in [-0.15, -0.1) is 0 Å². The molecule has 1 heterocycles. The smallest absolute Gasteiger partial charge is 0.264 e. The first kappa shape index (κ1) is 12.9. The zero-order valence-corrected chi connectivity index (χ0v) is 10.1. The normalized spacial score (nSPS) is 27.1. The van der Waals surface area contributed by atoms with E-state index >= 15 is 0 Å². The van der Waals surface area contributed by atoms with Gasteiger partial charge in [-0.25, -0.2) is 8.42 Å². The summed E-state index contributed by atoms with van der Waals surface area (Å²) in [7, 11) is -6.83. The molecule has 0 aromatic carbocycles. The van der Waals surface area contributed by atoms with Gasteiger partial charge in [0.2, 0.25) is 0 Å². The van der Waals surface area contributed by atoms with Crippen LogP contribution in [-0.4, -0.2) is 38.6 Å². The van der Waals surface area contributed by atoms with E-state index in [1.165, 1.54) is 0 Å². The zero-order valence-electron chi connectivity index (χ0n) is 8.42. The van der Waals surface area contributed by atoms with Gasteiger partial charge in [0, 0.05) is 0 Å². The first-order valence-electron chi connectivity index (χ1n) is 4.94. The van der Waals surface area contributed by atoms with Crippen LogP contribution in [0, 0.1) is 5.92 Å². The predicted octanol–water partition coefficient (Wildman–Crippen LogP) is 0.479. The van der Waals surface area contributed by atoms with E-state index in [2.05, 4.69) is 0 Å². The van der Waals surface area contributed by atoms with Gasteiger partial charge in [0.05, 0.1) is 17.3 Å². The lowest BCUT2D eigenvalue weighted by Gasteiger charge is -2.11. The van der Waals surface area contributed by atoms with Gasteiger partial charge in [-0.3, -0.25) is 4.55 Å². The van der Waals surface area contributed by atoms with E-state index in [0.29, 0.717) is 19.3 Å². The summed E-state index contributed by atoms with van der Waals surface area (Å²) in [5, 5.41) is 0. The molecule has 0 spiro atoms. The van der Waals surface area contributed by atoms with E-state index in [9.17, 15) is 16.8 Å². The monoisotopic (exact) mass is 256 g/mol. The molecule has 1 aliphatic heterocycles. The highest BCUT2D eigenvalue weighted by atomic mass is 32.2. The van der Waals surface area contributed by atoms with Gasteiger partial charge >= 0.3 is 0 Å². The van der Waals surface area contributed by atoms with Crippen molar-refractivity contribution in [1.82, 2.24) is 0 Å². The second-order valence-corrected chi connectivity index (χ2v) is 7.90. The van der Waals surface area contributed by atoms with E-state index in [1.807, 2.05) is 0 Å². The molecule has 15 heavy (non-hydrogen) atoms. The second-order valence-electron chi connectivity index (χ2n) is 4.02. The minimum Gasteiger partial charge on any atom is -0.286 e. The topological polar surface area (TPSA) is 88.5 Å². The van der Waals surface area contributed by atoms with Crippen molar-refractivity contribution in [1.29, 1.82) is 0 Å². The summed E-state index contributed by atoms with van der Waals surface area (Å²) in [5.41, 5.74) is 0. The van der Waals surface area contributed by atoms with Crippen molar-refractivity contribution in [3.63, 3.8) is 0 Å².